The molecular formula is C17H15ClFNO4S. The number of carboxylic acid groups (broad SMARTS) is 1. The zero-order valence-electron chi connectivity index (χ0n) is 12.9. The predicted octanol–water partition coefficient (Wildman–Crippen LogP) is 2.45. The van der Waals surface area contributed by atoms with E-state index in [1.54, 1.807) is 0 Å². The second-order valence-corrected chi connectivity index (χ2v) is 8.51. The Morgan fingerprint density at radius 1 is 1.24 bits per heavy atom. The summed E-state index contributed by atoms with van der Waals surface area (Å²) in [5, 5.41) is 8.76. The predicted molar refractivity (Wildman–Crippen MR) is 90.7 cm³/mol. The first-order valence-electron chi connectivity index (χ1n) is 7.43. The van der Waals surface area contributed by atoms with Gasteiger partial charge in [-0.05, 0) is 42.0 Å². The minimum absolute atomic E-state index is 0.0418. The Hall–Kier alpha value is -1.96. The van der Waals surface area contributed by atoms with Crippen LogP contribution in [0.3, 0.4) is 0 Å². The Balaban J connectivity index is 2.12. The molecule has 0 aliphatic heterocycles. The van der Waals surface area contributed by atoms with E-state index in [4.69, 9.17) is 17.3 Å². The largest absolute Gasteiger partial charge is 0.481 e. The number of hydrogen-bond acceptors (Lipinski definition) is 4. The number of carbonyl (C=O) groups is 1. The second kappa shape index (κ2) is 6.09. The average Bonchev–Trinajstić information content (AvgIpc) is 3.27. The summed E-state index contributed by atoms with van der Waals surface area (Å²) in [4.78, 5) is 11.8. The van der Waals surface area contributed by atoms with Crippen molar-refractivity contribution in [2.24, 2.45) is 11.1 Å². The van der Waals surface area contributed by atoms with Crippen LogP contribution in [0.2, 0.25) is 5.02 Å². The molecule has 8 heteroatoms. The van der Waals surface area contributed by atoms with Gasteiger partial charge in [0.05, 0.1) is 10.1 Å². The van der Waals surface area contributed by atoms with Crippen molar-refractivity contribution in [3.63, 3.8) is 0 Å². The maximum atomic E-state index is 13.6. The molecular weight excluding hydrogens is 369 g/mol. The van der Waals surface area contributed by atoms with Crippen LogP contribution in [0.15, 0.2) is 53.4 Å². The molecule has 0 unspecified atom stereocenters. The average molecular weight is 384 g/mol. The van der Waals surface area contributed by atoms with Crippen molar-refractivity contribution in [3.05, 3.63) is 64.9 Å². The Kier molecular flexibility index (Phi) is 4.35. The van der Waals surface area contributed by atoms with Crippen molar-refractivity contribution in [3.8, 4) is 0 Å². The molecule has 0 saturated heterocycles. The molecule has 3 atom stereocenters. The lowest BCUT2D eigenvalue weighted by molar-refractivity contribution is -0.143. The lowest BCUT2D eigenvalue weighted by Gasteiger charge is -2.10. The summed E-state index contributed by atoms with van der Waals surface area (Å²) in [6, 6.07) is 10.8. The third kappa shape index (κ3) is 2.72. The van der Waals surface area contributed by atoms with E-state index >= 15 is 0 Å². The number of hydrogen-bond donors (Lipinski definition) is 2. The molecule has 0 radical (unpaired) electrons. The molecule has 1 aliphatic rings. The van der Waals surface area contributed by atoms with Gasteiger partial charge in [-0.1, -0.05) is 23.7 Å². The lowest BCUT2D eigenvalue weighted by atomic mass is 9.99. The van der Waals surface area contributed by atoms with E-state index in [0.717, 1.165) is 6.07 Å². The van der Waals surface area contributed by atoms with Gasteiger partial charge >= 0.3 is 5.97 Å². The second-order valence-electron chi connectivity index (χ2n) is 6.00. The Labute approximate surface area is 149 Å². The number of carboxylic acids is 1. The highest BCUT2D eigenvalue weighted by atomic mass is 35.5. The highest BCUT2D eigenvalue weighted by Gasteiger charge is 2.75. The van der Waals surface area contributed by atoms with Crippen LogP contribution in [0.4, 0.5) is 4.39 Å². The van der Waals surface area contributed by atoms with Gasteiger partial charge in [-0.3, -0.25) is 4.79 Å². The number of halogens is 2. The van der Waals surface area contributed by atoms with E-state index in [1.807, 2.05) is 0 Å². The Morgan fingerprint density at radius 3 is 2.40 bits per heavy atom. The van der Waals surface area contributed by atoms with Gasteiger partial charge in [-0.25, -0.2) is 12.8 Å². The smallest absolute Gasteiger partial charge is 0.312 e. The molecule has 0 aromatic heterocycles. The summed E-state index contributed by atoms with van der Waals surface area (Å²) in [5.74, 6) is -2.80. The van der Waals surface area contributed by atoms with E-state index in [2.05, 4.69) is 0 Å². The molecule has 1 saturated carbocycles. The van der Waals surface area contributed by atoms with E-state index in [-0.39, 0.29) is 11.4 Å². The first kappa shape index (κ1) is 17.8. The van der Waals surface area contributed by atoms with Gasteiger partial charge in [0.2, 0.25) is 0 Å². The van der Waals surface area contributed by atoms with Crippen molar-refractivity contribution in [2.75, 3.05) is 6.54 Å². The molecule has 0 heterocycles. The Morgan fingerprint density at radius 2 is 1.88 bits per heavy atom. The lowest BCUT2D eigenvalue weighted by Crippen LogP contribution is -2.31. The fraction of sp³-hybridized carbons (Fsp3) is 0.235. The van der Waals surface area contributed by atoms with Crippen molar-refractivity contribution in [2.45, 2.75) is 16.1 Å². The first-order chi connectivity index (χ1) is 11.7. The standard InChI is InChI=1S/C17H15ClFNO4S/c18-11-4-6-13(7-5-11)25(23,24)15-14(17(15,9-20)16(21)22)10-2-1-3-12(19)8-10/h1-8,14-15H,9,20H2,(H,21,22)/t14-,15-,17-/m0/s1. The Bertz CT molecular complexity index is 932. The third-order valence-corrected chi connectivity index (χ3v) is 7.22. The van der Waals surface area contributed by atoms with Crippen LogP contribution in [0.25, 0.3) is 0 Å². The normalized spacial score (nSPS) is 25.6. The minimum atomic E-state index is -4.00. The molecule has 3 N–H and O–H groups in total. The molecule has 0 spiro atoms. The maximum Gasteiger partial charge on any atom is 0.312 e. The third-order valence-electron chi connectivity index (χ3n) is 4.68. The van der Waals surface area contributed by atoms with Crippen LogP contribution in [0, 0.1) is 11.2 Å². The topological polar surface area (TPSA) is 97.5 Å². The van der Waals surface area contributed by atoms with Gasteiger partial charge in [0.25, 0.3) is 0 Å². The zero-order chi connectivity index (χ0) is 18.4. The highest BCUT2D eigenvalue weighted by molar-refractivity contribution is 7.92. The quantitative estimate of drug-likeness (QED) is 0.826. The fourth-order valence-corrected chi connectivity index (χ4v) is 5.90. The van der Waals surface area contributed by atoms with Gasteiger partial charge < -0.3 is 10.8 Å². The SMILES string of the molecule is NC[C@]1(C(=O)O)[C@@H](c2cccc(F)c2)[C@@H]1S(=O)(=O)c1ccc(Cl)cc1. The highest BCUT2D eigenvalue weighted by Crippen LogP contribution is 2.63. The summed E-state index contributed by atoms with van der Waals surface area (Å²) >= 11 is 5.78. The van der Waals surface area contributed by atoms with Crippen molar-refractivity contribution in [1.29, 1.82) is 0 Å². The molecule has 25 heavy (non-hydrogen) atoms. The van der Waals surface area contributed by atoms with Gasteiger partial charge in [0.15, 0.2) is 9.84 Å². The summed E-state index contributed by atoms with van der Waals surface area (Å²) in [6.45, 7) is -0.374. The zero-order valence-corrected chi connectivity index (χ0v) is 14.5. The van der Waals surface area contributed by atoms with E-state index in [0.29, 0.717) is 10.6 Å². The van der Waals surface area contributed by atoms with E-state index < -0.39 is 38.2 Å². The van der Waals surface area contributed by atoms with Crippen LogP contribution in [0.5, 0.6) is 0 Å². The monoisotopic (exact) mass is 383 g/mol. The van der Waals surface area contributed by atoms with Crippen LogP contribution >= 0.6 is 11.6 Å². The molecule has 2 aromatic carbocycles. The summed E-state index contributed by atoms with van der Waals surface area (Å²) in [6.07, 6.45) is 0. The number of aliphatic carboxylic acids is 1. The molecule has 2 aromatic rings. The van der Waals surface area contributed by atoms with E-state index in [9.17, 15) is 22.7 Å². The summed E-state index contributed by atoms with van der Waals surface area (Å²) in [7, 11) is -4.00. The fourth-order valence-electron chi connectivity index (χ4n) is 3.39. The van der Waals surface area contributed by atoms with Crippen molar-refractivity contribution >= 4 is 27.4 Å². The maximum absolute atomic E-state index is 13.6. The van der Waals surface area contributed by atoms with Gasteiger partial charge in [-0.15, -0.1) is 0 Å². The molecule has 1 aliphatic carbocycles. The van der Waals surface area contributed by atoms with E-state index in [1.165, 1.54) is 42.5 Å². The van der Waals surface area contributed by atoms with Gasteiger partial charge in [-0.2, -0.15) is 0 Å². The molecule has 1 fully saturated rings. The molecule has 132 valence electrons. The number of nitrogens with two attached hydrogens (primary N) is 1. The van der Waals surface area contributed by atoms with Crippen molar-refractivity contribution < 1.29 is 22.7 Å². The van der Waals surface area contributed by atoms with Crippen LogP contribution in [-0.4, -0.2) is 31.3 Å². The van der Waals surface area contributed by atoms with Crippen LogP contribution in [0.1, 0.15) is 11.5 Å². The first-order valence-corrected chi connectivity index (χ1v) is 9.36. The van der Waals surface area contributed by atoms with Gasteiger partial charge in [0, 0.05) is 17.5 Å². The number of sulfone groups is 1. The van der Waals surface area contributed by atoms with Crippen LogP contribution in [-0.2, 0) is 14.6 Å². The molecule has 0 bridgehead atoms. The summed E-state index contributed by atoms with van der Waals surface area (Å²) < 4.78 is 39.6. The summed E-state index contributed by atoms with van der Waals surface area (Å²) in [5.41, 5.74) is 4.28. The van der Waals surface area contributed by atoms with Gasteiger partial charge in [0.1, 0.15) is 11.2 Å². The number of rotatable bonds is 5. The molecule has 0 amide bonds. The molecule has 5 nitrogen and oxygen atoms in total. The van der Waals surface area contributed by atoms with Crippen molar-refractivity contribution in [1.82, 2.24) is 0 Å². The number of benzene rings is 2. The van der Waals surface area contributed by atoms with Crippen LogP contribution < -0.4 is 5.73 Å². The molecule has 3 rings (SSSR count). The minimum Gasteiger partial charge on any atom is -0.481 e.